The first kappa shape index (κ1) is 22.5. The van der Waals surface area contributed by atoms with Crippen molar-refractivity contribution in [1.82, 2.24) is 15.1 Å². The van der Waals surface area contributed by atoms with Gasteiger partial charge in [0.15, 0.2) is 5.82 Å². The van der Waals surface area contributed by atoms with Crippen LogP contribution in [0.15, 0.2) is 54.6 Å². The van der Waals surface area contributed by atoms with Crippen LogP contribution in [0.1, 0.15) is 24.3 Å². The Labute approximate surface area is 187 Å². The Bertz CT molecular complexity index is 1050. The summed E-state index contributed by atoms with van der Waals surface area (Å²) in [4.78, 5) is 12.9. The summed E-state index contributed by atoms with van der Waals surface area (Å²) in [5.41, 5.74) is 10.2. The van der Waals surface area contributed by atoms with Gasteiger partial charge in [-0.05, 0) is 61.2 Å². The molecule has 31 heavy (non-hydrogen) atoms. The van der Waals surface area contributed by atoms with E-state index in [2.05, 4.69) is 22.3 Å². The lowest BCUT2D eigenvalue weighted by atomic mass is 9.88. The Balaban J connectivity index is 0.00000272. The van der Waals surface area contributed by atoms with Gasteiger partial charge < -0.3 is 15.9 Å². The highest BCUT2D eigenvalue weighted by molar-refractivity contribution is 5.85. The second kappa shape index (κ2) is 9.76. The molecule has 1 aliphatic heterocycles. The number of carboxylic acid groups (broad SMARTS) is 1. The normalized spacial score (nSPS) is 14.7. The lowest BCUT2D eigenvalue weighted by molar-refractivity contribution is -0.138. The number of aromatic nitrogens is 2. The zero-order valence-electron chi connectivity index (χ0n) is 16.9. The van der Waals surface area contributed by atoms with E-state index in [1.807, 2.05) is 29.2 Å². The van der Waals surface area contributed by atoms with Gasteiger partial charge in [-0.1, -0.05) is 36.4 Å². The van der Waals surface area contributed by atoms with Gasteiger partial charge in [-0.15, -0.1) is 22.6 Å². The number of carboxylic acids is 1. The summed E-state index contributed by atoms with van der Waals surface area (Å²) in [5, 5.41) is 27.3. The fourth-order valence-electron chi connectivity index (χ4n) is 4.00. The molecule has 4 N–H and O–H groups in total. The van der Waals surface area contributed by atoms with Crippen LogP contribution >= 0.6 is 12.4 Å². The zero-order chi connectivity index (χ0) is 21.1. The minimum Gasteiger partial charge on any atom is -0.507 e. The second-order valence-corrected chi connectivity index (χ2v) is 7.61. The molecule has 0 amide bonds. The van der Waals surface area contributed by atoms with E-state index in [0.29, 0.717) is 23.0 Å². The quantitative estimate of drug-likeness (QED) is 0.553. The third-order valence-electron chi connectivity index (χ3n) is 5.64. The number of hydrogen-bond acceptors (Lipinski definition) is 6. The second-order valence-electron chi connectivity index (χ2n) is 7.61. The predicted molar refractivity (Wildman–Crippen MR) is 122 cm³/mol. The van der Waals surface area contributed by atoms with E-state index in [1.165, 1.54) is 5.56 Å². The van der Waals surface area contributed by atoms with Crippen molar-refractivity contribution in [1.29, 1.82) is 0 Å². The van der Waals surface area contributed by atoms with E-state index in [0.717, 1.165) is 37.1 Å². The maximum absolute atomic E-state index is 10.9. The van der Waals surface area contributed by atoms with Crippen molar-refractivity contribution in [2.45, 2.75) is 18.8 Å². The van der Waals surface area contributed by atoms with Gasteiger partial charge in [0.2, 0.25) is 0 Å². The summed E-state index contributed by atoms with van der Waals surface area (Å²) in [6.07, 6.45) is 1.89. The van der Waals surface area contributed by atoms with Crippen LogP contribution in [0, 0.1) is 0 Å². The number of benzene rings is 2. The number of anilines is 1. The van der Waals surface area contributed by atoms with Crippen molar-refractivity contribution < 1.29 is 15.0 Å². The fourth-order valence-corrected chi connectivity index (χ4v) is 4.00. The standard InChI is InChI=1S/C23H24N4O3.ClH/c24-23-19(13-20(25-26-23)18-3-1-2-4-21(18)28)17-7-5-15(6-8-17)16-9-11-27(12-10-16)14-22(29)30;/h1-8,13,16,28H,9-12,14H2,(H2,24,26)(H,29,30);1H. The first-order valence-corrected chi connectivity index (χ1v) is 9.97. The fraction of sp³-hybridized carbons (Fsp3) is 0.261. The molecule has 0 spiro atoms. The Kier molecular flexibility index (Phi) is 7.09. The third kappa shape index (κ3) is 5.13. The number of likely N-dealkylation sites (tertiary alicyclic amines) is 1. The smallest absolute Gasteiger partial charge is 0.317 e. The van der Waals surface area contributed by atoms with Crippen LogP contribution in [0.2, 0.25) is 0 Å². The van der Waals surface area contributed by atoms with Crippen LogP contribution in [0.4, 0.5) is 5.82 Å². The van der Waals surface area contributed by atoms with E-state index in [4.69, 9.17) is 10.8 Å². The van der Waals surface area contributed by atoms with Crippen molar-refractivity contribution in [3.05, 3.63) is 60.2 Å². The van der Waals surface area contributed by atoms with Gasteiger partial charge in [-0.2, -0.15) is 0 Å². The van der Waals surface area contributed by atoms with E-state index < -0.39 is 5.97 Å². The molecule has 3 aromatic rings. The number of phenolic OH excluding ortho intramolecular Hbond substituents is 1. The van der Waals surface area contributed by atoms with Crippen LogP contribution in [0.5, 0.6) is 5.75 Å². The van der Waals surface area contributed by atoms with Crippen LogP contribution in [-0.2, 0) is 4.79 Å². The molecule has 1 aromatic heterocycles. The Morgan fingerprint density at radius 3 is 2.35 bits per heavy atom. The summed E-state index contributed by atoms with van der Waals surface area (Å²) in [6.45, 7) is 1.70. The van der Waals surface area contributed by atoms with Gasteiger partial charge in [-0.3, -0.25) is 9.69 Å². The molecular formula is C23H25ClN4O3. The molecule has 4 rings (SSSR count). The molecule has 2 aromatic carbocycles. The summed E-state index contributed by atoms with van der Waals surface area (Å²) in [6, 6.07) is 17.1. The summed E-state index contributed by atoms with van der Waals surface area (Å²) >= 11 is 0. The Hall–Kier alpha value is -3.16. The number of nitrogen functional groups attached to an aromatic ring is 1. The summed E-state index contributed by atoms with van der Waals surface area (Å²) in [7, 11) is 0. The number of rotatable bonds is 5. The molecule has 0 aliphatic carbocycles. The van der Waals surface area contributed by atoms with Gasteiger partial charge >= 0.3 is 5.97 Å². The highest BCUT2D eigenvalue weighted by Crippen LogP contribution is 2.34. The largest absolute Gasteiger partial charge is 0.507 e. The lowest BCUT2D eigenvalue weighted by Crippen LogP contribution is -2.36. The number of aromatic hydroxyl groups is 1. The molecular weight excluding hydrogens is 416 g/mol. The Morgan fingerprint density at radius 2 is 1.71 bits per heavy atom. The molecule has 0 atom stereocenters. The molecule has 1 aliphatic rings. The number of phenols is 1. The molecule has 0 radical (unpaired) electrons. The van der Waals surface area contributed by atoms with Gasteiger partial charge in [0.25, 0.3) is 0 Å². The number of piperidine rings is 1. The molecule has 2 heterocycles. The van der Waals surface area contributed by atoms with Crippen molar-refractivity contribution in [2.24, 2.45) is 0 Å². The van der Waals surface area contributed by atoms with Crippen LogP contribution in [-0.4, -0.2) is 50.9 Å². The number of aliphatic carboxylic acids is 1. The lowest BCUT2D eigenvalue weighted by Gasteiger charge is -2.31. The number of carbonyl (C=O) groups is 1. The molecule has 7 nitrogen and oxygen atoms in total. The third-order valence-corrected chi connectivity index (χ3v) is 5.64. The van der Waals surface area contributed by atoms with Gasteiger partial charge in [-0.25, -0.2) is 0 Å². The van der Waals surface area contributed by atoms with Crippen molar-refractivity contribution in [3.8, 4) is 28.1 Å². The zero-order valence-corrected chi connectivity index (χ0v) is 17.8. The summed E-state index contributed by atoms with van der Waals surface area (Å²) in [5.74, 6) is 0.134. The van der Waals surface area contributed by atoms with Crippen molar-refractivity contribution >= 4 is 24.2 Å². The maximum atomic E-state index is 10.9. The topological polar surface area (TPSA) is 113 Å². The van der Waals surface area contributed by atoms with Gasteiger partial charge in [0, 0.05) is 11.1 Å². The van der Waals surface area contributed by atoms with Crippen LogP contribution in [0.3, 0.4) is 0 Å². The first-order valence-electron chi connectivity index (χ1n) is 9.97. The average Bonchev–Trinajstić information content (AvgIpc) is 2.75. The maximum Gasteiger partial charge on any atom is 0.317 e. The molecule has 8 heteroatoms. The predicted octanol–water partition coefficient (Wildman–Crippen LogP) is 3.78. The molecule has 1 fully saturated rings. The van der Waals surface area contributed by atoms with Crippen molar-refractivity contribution in [2.75, 3.05) is 25.4 Å². The average molecular weight is 441 g/mol. The van der Waals surface area contributed by atoms with Gasteiger partial charge in [0.1, 0.15) is 5.75 Å². The number of nitrogens with zero attached hydrogens (tertiary/aromatic N) is 3. The minimum atomic E-state index is -0.774. The van der Waals surface area contributed by atoms with E-state index in [9.17, 15) is 9.90 Å². The molecule has 1 saturated heterocycles. The van der Waals surface area contributed by atoms with E-state index in [-0.39, 0.29) is 24.7 Å². The SMILES string of the molecule is Cl.Nc1nnc(-c2ccccc2O)cc1-c1ccc(C2CCN(CC(=O)O)CC2)cc1. The number of para-hydroxylation sites is 1. The van der Waals surface area contributed by atoms with Crippen molar-refractivity contribution in [3.63, 3.8) is 0 Å². The monoisotopic (exact) mass is 440 g/mol. The minimum absolute atomic E-state index is 0. The molecule has 0 unspecified atom stereocenters. The number of halogens is 1. The van der Waals surface area contributed by atoms with E-state index in [1.54, 1.807) is 18.2 Å². The number of nitrogens with two attached hydrogens (primary N) is 1. The molecule has 0 bridgehead atoms. The van der Waals surface area contributed by atoms with Gasteiger partial charge in [0.05, 0.1) is 12.2 Å². The summed E-state index contributed by atoms with van der Waals surface area (Å²) < 4.78 is 0. The van der Waals surface area contributed by atoms with Crippen LogP contribution in [0.25, 0.3) is 22.4 Å². The highest BCUT2D eigenvalue weighted by Gasteiger charge is 2.22. The van der Waals surface area contributed by atoms with E-state index >= 15 is 0 Å². The number of hydrogen-bond donors (Lipinski definition) is 3. The Morgan fingerprint density at radius 1 is 1.03 bits per heavy atom. The highest BCUT2D eigenvalue weighted by atomic mass is 35.5. The molecule has 162 valence electrons. The van der Waals surface area contributed by atoms with Crippen LogP contribution < -0.4 is 5.73 Å². The first-order chi connectivity index (χ1) is 14.5. The molecule has 0 saturated carbocycles.